The summed E-state index contributed by atoms with van der Waals surface area (Å²) in [5.41, 5.74) is 5.96. The van der Waals surface area contributed by atoms with Crippen molar-refractivity contribution in [1.29, 1.82) is 0 Å². The molecular formula is C11H16N2O3S. The Hall–Kier alpha value is -1.14. The van der Waals surface area contributed by atoms with Gasteiger partial charge in [-0.3, -0.25) is 0 Å². The Bertz CT molecular complexity index is 399. The first-order chi connectivity index (χ1) is 8.20. The van der Waals surface area contributed by atoms with Crippen molar-refractivity contribution in [2.24, 2.45) is 0 Å². The van der Waals surface area contributed by atoms with Crippen molar-refractivity contribution in [2.75, 3.05) is 19.5 Å². The number of carbonyl (C=O) groups excluding carboxylic acids is 1. The van der Waals surface area contributed by atoms with Crippen LogP contribution in [0, 0.1) is 0 Å². The average Bonchev–Trinajstić information content (AvgIpc) is 2.70. The molecule has 1 aromatic rings. The van der Waals surface area contributed by atoms with Crippen LogP contribution in [0.1, 0.15) is 34.8 Å². The fourth-order valence-electron chi connectivity index (χ4n) is 1.87. The number of hydrogen-bond donors (Lipinski definition) is 1. The third-order valence-electron chi connectivity index (χ3n) is 2.75. The third-order valence-corrected chi connectivity index (χ3v) is 3.66. The Morgan fingerprint density at radius 2 is 2.47 bits per heavy atom. The van der Waals surface area contributed by atoms with Gasteiger partial charge in [0, 0.05) is 13.0 Å². The van der Waals surface area contributed by atoms with E-state index in [2.05, 4.69) is 9.72 Å². The van der Waals surface area contributed by atoms with Crippen molar-refractivity contribution in [3.63, 3.8) is 0 Å². The highest BCUT2D eigenvalue weighted by atomic mass is 32.1. The topological polar surface area (TPSA) is 74.4 Å². The molecule has 2 N–H and O–H groups in total. The van der Waals surface area contributed by atoms with E-state index in [4.69, 9.17) is 10.5 Å². The molecular weight excluding hydrogens is 240 g/mol. The first-order valence-corrected chi connectivity index (χ1v) is 6.47. The van der Waals surface area contributed by atoms with Gasteiger partial charge in [-0.2, -0.15) is 0 Å². The molecule has 1 aliphatic heterocycles. The highest BCUT2D eigenvalue weighted by molar-refractivity contribution is 7.15. The predicted octanol–water partition coefficient (Wildman–Crippen LogP) is 1.62. The van der Waals surface area contributed by atoms with Gasteiger partial charge in [-0.15, -0.1) is 11.3 Å². The van der Waals surface area contributed by atoms with Crippen molar-refractivity contribution < 1.29 is 14.3 Å². The number of ether oxygens (including phenoxy) is 2. The first-order valence-electron chi connectivity index (χ1n) is 5.66. The van der Waals surface area contributed by atoms with E-state index in [1.54, 1.807) is 0 Å². The van der Waals surface area contributed by atoms with E-state index < -0.39 is 5.97 Å². The number of carbonyl (C=O) groups is 1. The molecule has 17 heavy (non-hydrogen) atoms. The molecule has 0 spiro atoms. The second kappa shape index (κ2) is 5.46. The van der Waals surface area contributed by atoms with Crippen LogP contribution < -0.4 is 5.73 Å². The molecule has 0 bridgehead atoms. The van der Waals surface area contributed by atoms with Crippen molar-refractivity contribution in [2.45, 2.75) is 31.8 Å². The van der Waals surface area contributed by atoms with Gasteiger partial charge in [-0.05, 0) is 19.3 Å². The molecule has 94 valence electrons. The SMILES string of the molecule is COC(=O)c1nc(CC2CCCCO2)sc1N. The van der Waals surface area contributed by atoms with E-state index in [0.717, 1.165) is 30.9 Å². The lowest BCUT2D eigenvalue weighted by atomic mass is 10.1. The van der Waals surface area contributed by atoms with E-state index >= 15 is 0 Å². The number of nitrogen functional groups attached to an aromatic ring is 1. The van der Waals surface area contributed by atoms with Gasteiger partial charge in [0.1, 0.15) is 5.00 Å². The lowest BCUT2D eigenvalue weighted by molar-refractivity contribution is 0.0167. The molecule has 0 amide bonds. The van der Waals surface area contributed by atoms with Crippen LogP contribution in [0.3, 0.4) is 0 Å². The summed E-state index contributed by atoms with van der Waals surface area (Å²) >= 11 is 1.34. The number of hydrogen-bond acceptors (Lipinski definition) is 6. The zero-order valence-corrected chi connectivity index (χ0v) is 10.6. The van der Waals surface area contributed by atoms with Crippen LogP contribution in [0.2, 0.25) is 0 Å². The maximum Gasteiger partial charge on any atom is 0.359 e. The largest absolute Gasteiger partial charge is 0.464 e. The molecule has 6 heteroatoms. The summed E-state index contributed by atoms with van der Waals surface area (Å²) in [7, 11) is 1.32. The molecule has 1 unspecified atom stereocenters. The van der Waals surface area contributed by atoms with E-state index in [0.29, 0.717) is 5.00 Å². The van der Waals surface area contributed by atoms with Crippen LogP contribution in [0.5, 0.6) is 0 Å². The molecule has 2 rings (SSSR count). The van der Waals surface area contributed by atoms with Gasteiger partial charge >= 0.3 is 5.97 Å². The van der Waals surface area contributed by atoms with Crippen molar-refractivity contribution in [3.8, 4) is 0 Å². The van der Waals surface area contributed by atoms with Crippen LogP contribution in [-0.2, 0) is 15.9 Å². The van der Waals surface area contributed by atoms with Crippen molar-refractivity contribution in [3.05, 3.63) is 10.7 Å². The molecule has 2 heterocycles. The highest BCUT2D eigenvalue weighted by Crippen LogP contribution is 2.25. The maximum absolute atomic E-state index is 11.4. The van der Waals surface area contributed by atoms with E-state index in [1.165, 1.54) is 24.9 Å². The summed E-state index contributed by atoms with van der Waals surface area (Å²) in [5, 5.41) is 1.26. The Labute approximate surface area is 104 Å². The lowest BCUT2D eigenvalue weighted by Gasteiger charge is -2.21. The Morgan fingerprint density at radius 1 is 1.65 bits per heavy atom. The minimum Gasteiger partial charge on any atom is -0.464 e. The number of nitrogens with two attached hydrogens (primary N) is 1. The molecule has 5 nitrogen and oxygen atoms in total. The van der Waals surface area contributed by atoms with Crippen molar-refractivity contribution >= 4 is 22.3 Å². The molecule has 1 fully saturated rings. The van der Waals surface area contributed by atoms with E-state index in [9.17, 15) is 4.79 Å². The van der Waals surface area contributed by atoms with Gasteiger partial charge < -0.3 is 15.2 Å². The third kappa shape index (κ3) is 2.95. The summed E-state index contributed by atoms with van der Waals surface area (Å²) in [5.74, 6) is -0.477. The summed E-state index contributed by atoms with van der Waals surface area (Å²) in [6.07, 6.45) is 4.30. The zero-order chi connectivity index (χ0) is 12.3. The van der Waals surface area contributed by atoms with Crippen LogP contribution >= 0.6 is 11.3 Å². The molecule has 1 aliphatic rings. The summed E-state index contributed by atoms with van der Waals surface area (Å²) in [6, 6.07) is 0. The highest BCUT2D eigenvalue weighted by Gasteiger charge is 2.20. The molecule has 0 radical (unpaired) electrons. The van der Waals surface area contributed by atoms with Gasteiger partial charge in [-0.1, -0.05) is 0 Å². The Kier molecular flexibility index (Phi) is 3.96. The van der Waals surface area contributed by atoms with Crippen molar-refractivity contribution in [1.82, 2.24) is 4.98 Å². The zero-order valence-electron chi connectivity index (χ0n) is 9.77. The lowest BCUT2D eigenvalue weighted by Crippen LogP contribution is -2.21. The molecule has 1 saturated heterocycles. The minimum atomic E-state index is -0.477. The number of aromatic nitrogens is 1. The Balaban J connectivity index is 2.03. The smallest absolute Gasteiger partial charge is 0.359 e. The second-order valence-corrected chi connectivity index (χ2v) is 5.12. The van der Waals surface area contributed by atoms with Gasteiger partial charge in [0.05, 0.1) is 18.2 Å². The fourth-order valence-corrected chi connectivity index (χ4v) is 2.76. The normalized spacial score (nSPS) is 20.2. The molecule has 0 saturated carbocycles. The van der Waals surface area contributed by atoms with Crippen LogP contribution in [0.25, 0.3) is 0 Å². The fraction of sp³-hybridized carbons (Fsp3) is 0.636. The molecule has 0 aliphatic carbocycles. The van der Waals surface area contributed by atoms with Crippen LogP contribution in [-0.4, -0.2) is 30.8 Å². The summed E-state index contributed by atoms with van der Waals surface area (Å²) < 4.78 is 10.2. The quantitative estimate of drug-likeness (QED) is 0.832. The molecule has 1 atom stereocenters. The van der Waals surface area contributed by atoms with Gasteiger partial charge in [0.15, 0.2) is 5.69 Å². The number of methoxy groups -OCH3 is 1. The summed E-state index contributed by atoms with van der Waals surface area (Å²) in [6.45, 7) is 0.815. The van der Waals surface area contributed by atoms with Gasteiger partial charge in [0.25, 0.3) is 0 Å². The summed E-state index contributed by atoms with van der Waals surface area (Å²) in [4.78, 5) is 15.6. The average molecular weight is 256 g/mol. The van der Waals surface area contributed by atoms with Gasteiger partial charge in [0.2, 0.25) is 0 Å². The monoisotopic (exact) mass is 256 g/mol. The second-order valence-electron chi connectivity index (χ2n) is 4.00. The van der Waals surface area contributed by atoms with Crippen LogP contribution in [0.4, 0.5) is 5.00 Å². The number of nitrogens with zero attached hydrogens (tertiary/aromatic N) is 1. The van der Waals surface area contributed by atoms with E-state index in [1.807, 2.05) is 0 Å². The molecule has 1 aromatic heterocycles. The number of anilines is 1. The van der Waals surface area contributed by atoms with E-state index in [-0.39, 0.29) is 11.8 Å². The first kappa shape index (κ1) is 12.3. The van der Waals surface area contributed by atoms with Gasteiger partial charge in [-0.25, -0.2) is 9.78 Å². The predicted molar refractivity (Wildman–Crippen MR) is 65.2 cm³/mol. The number of esters is 1. The standard InChI is InChI=1S/C11H16N2O3S/c1-15-11(14)9-10(12)17-8(13-9)6-7-4-2-3-5-16-7/h7H,2-6,12H2,1H3. The Morgan fingerprint density at radius 3 is 3.12 bits per heavy atom. The number of rotatable bonds is 3. The minimum absolute atomic E-state index is 0.208. The molecule has 0 aromatic carbocycles. The van der Waals surface area contributed by atoms with Crippen LogP contribution in [0.15, 0.2) is 0 Å². The maximum atomic E-state index is 11.4. The number of thiazole rings is 1.